The van der Waals surface area contributed by atoms with Crippen molar-refractivity contribution in [2.75, 3.05) is 56.4 Å². The van der Waals surface area contributed by atoms with Gasteiger partial charge in [0.1, 0.15) is 28.0 Å². The van der Waals surface area contributed by atoms with E-state index in [0.717, 1.165) is 11.3 Å². The van der Waals surface area contributed by atoms with E-state index in [9.17, 15) is 14.0 Å². The summed E-state index contributed by atoms with van der Waals surface area (Å²) in [6.45, 7) is 8.50. The molecule has 2 aliphatic heterocycles. The normalized spacial score (nSPS) is 19.1. The SMILES string of the molecule is CC(C)(C)OC(=O)N1C[C@H](Oc2ccc(N3CCN(CCn4c(=O)sc5c4nc(N)n4nc(-c6ccco6)nc54)CC3)c(F)c2)[C@@H](F)C1. The summed E-state index contributed by atoms with van der Waals surface area (Å²) < 4.78 is 50.0. The maximum Gasteiger partial charge on any atom is 0.410 e. The van der Waals surface area contributed by atoms with Crippen molar-refractivity contribution in [2.45, 2.75) is 45.2 Å². The molecule has 0 unspecified atom stereocenters. The molecular weight excluding hydrogens is 648 g/mol. The number of nitrogens with two attached hydrogens (primary N) is 1. The molecule has 0 saturated carbocycles. The Hall–Kier alpha value is -4.77. The van der Waals surface area contributed by atoms with E-state index in [1.54, 1.807) is 49.6 Å². The molecule has 2 aliphatic rings. The maximum absolute atomic E-state index is 15.3. The summed E-state index contributed by atoms with van der Waals surface area (Å²) in [5.41, 5.74) is 6.81. The van der Waals surface area contributed by atoms with Crippen molar-refractivity contribution in [2.24, 2.45) is 0 Å². The Morgan fingerprint density at radius 1 is 1.10 bits per heavy atom. The lowest BCUT2D eigenvalue weighted by Crippen LogP contribution is -2.47. The van der Waals surface area contributed by atoms with Crippen LogP contribution in [0, 0.1) is 5.82 Å². The van der Waals surface area contributed by atoms with Crippen LogP contribution >= 0.6 is 11.3 Å². The van der Waals surface area contributed by atoms with Crippen LogP contribution in [0.5, 0.6) is 5.75 Å². The van der Waals surface area contributed by atoms with E-state index in [4.69, 9.17) is 19.6 Å². The largest absolute Gasteiger partial charge is 0.485 e. The first kappa shape index (κ1) is 31.8. The lowest BCUT2D eigenvalue weighted by molar-refractivity contribution is 0.0273. The average Bonchev–Trinajstić information content (AvgIpc) is 3.83. The third-order valence-corrected chi connectivity index (χ3v) is 9.23. The highest BCUT2D eigenvalue weighted by molar-refractivity contribution is 7.17. The molecular formula is C31H35F2N9O5S. The number of furan rings is 1. The third-order valence-electron chi connectivity index (χ3n) is 8.27. The van der Waals surface area contributed by atoms with Crippen molar-refractivity contribution in [3.8, 4) is 17.3 Å². The summed E-state index contributed by atoms with van der Waals surface area (Å²) in [6.07, 6.45) is -1.43. The monoisotopic (exact) mass is 683 g/mol. The standard InChI is InChI=1S/C31H35F2N9O5S/c1-31(2,3)47-29(43)40-16-20(33)23(17-40)46-18-6-7-21(19(32)15-18)39-11-8-38(9-12-39)10-13-41-26-24(48-30(41)44)27-35-25(22-5-4-14-45-22)37-42(27)28(34)36-26/h4-7,14-15,20,23H,8-13,16-17H2,1-3H3,(H2,34,36)/t20-,23-/m0/s1. The third kappa shape index (κ3) is 6.26. The summed E-state index contributed by atoms with van der Waals surface area (Å²) in [5, 5.41) is 4.39. The van der Waals surface area contributed by atoms with Crippen molar-refractivity contribution < 1.29 is 27.5 Å². The van der Waals surface area contributed by atoms with Crippen LogP contribution in [0.2, 0.25) is 0 Å². The van der Waals surface area contributed by atoms with E-state index >= 15 is 4.39 Å². The first-order valence-corrected chi connectivity index (χ1v) is 16.4. The van der Waals surface area contributed by atoms with Crippen LogP contribution in [0.15, 0.2) is 45.8 Å². The topological polar surface area (TPSA) is 149 Å². The van der Waals surface area contributed by atoms with Gasteiger partial charge in [-0.05, 0) is 45.0 Å². The number of anilines is 2. The van der Waals surface area contributed by atoms with E-state index in [1.165, 1.54) is 21.7 Å². The molecule has 0 spiro atoms. The number of benzene rings is 1. The first-order valence-electron chi connectivity index (χ1n) is 15.6. The predicted octanol–water partition coefficient (Wildman–Crippen LogP) is 3.64. The molecule has 4 aromatic heterocycles. The Morgan fingerprint density at radius 3 is 2.60 bits per heavy atom. The van der Waals surface area contributed by atoms with Gasteiger partial charge in [0.2, 0.25) is 11.8 Å². The molecule has 2 saturated heterocycles. The van der Waals surface area contributed by atoms with E-state index in [2.05, 4.69) is 20.0 Å². The Balaban J connectivity index is 0.957. The zero-order valence-corrected chi connectivity index (χ0v) is 27.5. The van der Waals surface area contributed by atoms with Crippen molar-refractivity contribution in [1.29, 1.82) is 0 Å². The molecule has 6 heterocycles. The Labute approximate surface area is 277 Å². The van der Waals surface area contributed by atoms with E-state index in [1.807, 2.05) is 4.90 Å². The van der Waals surface area contributed by atoms with Gasteiger partial charge in [0.05, 0.1) is 25.0 Å². The molecule has 1 amide bonds. The van der Waals surface area contributed by atoms with Crippen molar-refractivity contribution >= 4 is 45.1 Å². The minimum atomic E-state index is -1.42. The number of nitrogens with zero attached hydrogens (tertiary/aromatic N) is 8. The van der Waals surface area contributed by atoms with Crippen LogP contribution in [-0.2, 0) is 11.3 Å². The number of likely N-dealkylation sites (tertiary alicyclic amines) is 1. The summed E-state index contributed by atoms with van der Waals surface area (Å²) in [6, 6.07) is 7.97. The van der Waals surface area contributed by atoms with Crippen LogP contribution in [0.1, 0.15) is 20.8 Å². The summed E-state index contributed by atoms with van der Waals surface area (Å²) in [4.78, 5) is 39.6. The van der Waals surface area contributed by atoms with Gasteiger partial charge >= 0.3 is 11.0 Å². The second-order valence-corrected chi connectivity index (χ2v) is 13.8. The summed E-state index contributed by atoms with van der Waals surface area (Å²) >= 11 is 1.04. The van der Waals surface area contributed by atoms with Gasteiger partial charge in [0.15, 0.2) is 23.2 Å². The highest BCUT2D eigenvalue weighted by atomic mass is 32.1. The number of carbonyl (C=O) groups is 1. The van der Waals surface area contributed by atoms with Crippen LogP contribution in [0.25, 0.3) is 27.6 Å². The molecule has 0 bridgehead atoms. The van der Waals surface area contributed by atoms with E-state index in [0.29, 0.717) is 72.5 Å². The lowest BCUT2D eigenvalue weighted by Gasteiger charge is -2.36. The second-order valence-electron chi connectivity index (χ2n) is 12.8. The van der Waals surface area contributed by atoms with Crippen molar-refractivity contribution in [1.82, 2.24) is 33.9 Å². The zero-order chi connectivity index (χ0) is 33.7. The van der Waals surface area contributed by atoms with Crippen LogP contribution in [0.3, 0.4) is 0 Å². The molecule has 5 aromatic rings. The van der Waals surface area contributed by atoms with Gasteiger partial charge in [-0.1, -0.05) is 11.3 Å². The van der Waals surface area contributed by atoms with Crippen LogP contribution < -0.4 is 20.2 Å². The maximum atomic E-state index is 15.3. The molecule has 254 valence electrons. The molecule has 0 radical (unpaired) electrons. The smallest absolute Gasteiger partial charge is 0.410 e. The number of aromatic nitrogens is 5. The van der Waals surface area contributed by atoms with Gasteiger partial charge in [-0.15, -0.1) is 5.10 Å². The van der Waals surface area contributed by atoms with Crippen LogP contribution in [0.4, 0.5) is 25.2 Å². The number of halogens is 2. The number of carbonyl (C=O) groups excluding carboxylic acids is 1. The predicted molar refractivity (Wildman–Crippen MR) is 175 cm³/mol. The number of hydrogen-bond donors (Lipinski definition) is 1. The number of rotatable bonds is 7. The van der Waals surface area contributed by atoms with Crippen molar-refractivity contribution in [3.63, 3.8) is 0 Å². The molecule has 2 fully saturated rings. The lowest BCUT2D eigenvalue weighted by atomic mass is 10.2. The molecule has 2 N–H and O–H groups in total. The quantitative estimate of drug-likeness (QED) is 0.268. The van der Waals surface area contributed by atoms with Gasteiger partial charge in [-0.25, -0.2) is 18.6 Å². The van der Waals surface area contributed by atoms with Crippen LogP contribution in [-0.4, -0.2) is 104 Å². The first-order chi connectivity index (χ1) is 22.9. The molecule has 1 aromatic carbocycles. The second kappa shape index (κ2) is 12.4. The Morgan fingerprint density at radius 2 is 1.90 bits per heavy atom. The Kier molecular flexibility index (Phi) is 8.19. The molecule has 17 heteroatoms. The number of fused-ring (bicyclic) bond motifs is 3. The van der Waals surface area contributed by atoms with Crippen molar-refractivity contribution in [3.05, 3.63) is 52.1 Å². The number of hydrogen-bond acceptors (Lipinski definition) is 12. The molecule has 2 atom stereocenters. The minimum absolute atomic E-state index is 0.00970. The molecule has 0 aliphatic carbocycles. The number of piperazine rings is 1. The van der Waals surface area contributed by atoms with E-state index in [-0.39, 0.29) is 29.7 Å². The molecule has 7 rings (SSSR count). The molecule has 48 heavy (non-hydrogen) atoms. The number of nitrogen functional groups attached to an aromatic ring is 1. The highest BCUT2D eigenvalue weighted by Gasteiger charge is 2.39. The molecule has 14 nitrogen and oxygen atoms in total. The summed E-state index contributed by atoms with van der Waals surface area (Å²) in [7, 11) is 0. The van der Waals surface area contributed by atoms with Gasteiger partial charge < -0.3 is 29.4 Å². The van der Waals surface area contributed by atoms with Gasteiger partial charge in [0.25, 0.3) is 0 Å². The zero-order valence-electron chi connectivity index (χ0n) is 26.6. The number of ether oxygens (including phenoxy) is 2. The fourth-order valence-electron chi connectivity index (χ4n) is 5.90. The fourth-order valence-corrected chi connectivity index (χ4v) is 6.84. The average molecular weight is 684 g/mol. The number of thiazole rings is 1. The fraction of sp³-hybridized carbons (Fsp3) is 0.452. The van der Waals surface area contributed by atoms with E-state index < -0.39 is 29.8 Å². The van der Waals surface area contributed by atoms with Gasteiger partial charge in [-0.2, -0.15) is 9.50 Å². The number of alkyl halides is 1. The summed E-state index contributed by atoms with van der Waals surface area (Å²) in [5.74, 6) is 0.648. The minimum Gasteiger partial charge on any atom is -0.485 e. The number of amides is 1. The Bertz CT molecular complexity index is 2010. The van der Waals surface area contributed by atoms with Gasteiger partial charge in [-0.3, -0.25) is 14.3 Å². The highest BCUT2D eigenvalue weighted by Crippen LogP contribution is 2.29. The van der Waals surface area contributed by atoms with Gasteiger partial charge in [0, 0.05) is 45.3 Å².